The van der Waals surface area contributed by atoms with Crippen molar-refractivity contribution in [1.29, 1.82) is 0 Å². The molecule has 0 amide bonds. The number of carboxylic acids is 1. The van der Waals surface area contributed by atoms with E-state index in [2.05, 4.69) is 0 Å². The number of rotatable bonds is 11. The van der Waals surface area contributed by atoms with Gasteiger partial charge in [0.25, 0.3) is 0 Å². The molecule has 0 bridgehead atoms. The molecule has 1 aromatic carbocycles. The number of benzene rings is 1. The van der Waals surface area contributed by atoms with Crippen molar-refractivity contribution >= 4 is 18.0 Å². The Labute approximate surface area is 285 Å². The highest BCUT2D eigenvalue weighted by Gasteiger charge is 2.54. The highest BCUT2D eigenvalue weighted by molar-refractivity contribution is 5.88. The third-order valence-corrected chi connectivity index (χ3v) is 9.51. The lowest BCUT2D eigenvalue weighted by atomic mass is 9.83. The Morgan fingerprint density at radius 3 is 2.08 bits per heavy atom. The Kier molecular flexibility index (Phi) is 12.0. The van der Waals surface area contributed by atoms with Crippen LogP contribution < -0.4 is 9.47 Å². The van der Waals surface area contributed by atoms with Crippen LogP contribution in [0, 0.1) is 17.8 Å². The van der Waals surface area contributed by atoms with Crippen molar-refractivity contribution in [2.75, 3.05) is 20.3 Å². The molecular weight excluding hydrogens is 672 g/mol. The van der Waals surface area contributed by atoms with Crippen molar-refractivity contribution in [3.8, 4) is 11.5 Å². The van der Waals surface area contributed by atoms with Crippen LogP contribution in [0.5, 0.6) is 11.5 Å². The third-order valence-electron chi connectivity index (χ3n) is 9.51. The van der Waals surface area contributed by atoms with Gasteiger partial charge in [-0.15, -0.1) is 0 Å². The van der Waals surface area contributed by atoms with Gasteiger partial charge in [0.2, 0.25) is 12.6 Å². The fourth-order valence-corrected chi connectivity index (χ4v) is 6.65. The normalized spacial score (nSPS) is 40.0. The van der Waals surface area contributed by atoms with Gasteiger partial charge in [-0.2, -0.15) is 0 Å². The second-order valence-electron chi connectivity index (χ2n) is 12.5. The molecule has 50 heavy (non-hydrogen) atoms. The summed E-state index contributed by atoms with van der Waals surface area (Å²) in [4.78, 5) is 25.0. The van der Waals surface area contributed by atoms with Gasteiger partial charge in [0.1, 0.15) is 54.9 Å². The molecule has 3 heterocycles. The molecule has 9 N–H and O–H groups in total. The standard InChI is InChI=1S/C32H42O18/c1-12-17(8-14-15(29(42)43)11-45-30(22(12)14)50-32-28(41)26(39)24(37)20(10-34)49-32)46-21(35)6-4-13-3-5-16(18(7-13)44-2)47-31-27(40)25(38)23(36)19(9-33)48-31/h3-7,11-12,14,17,19-20,22-28,30-34,36-41H,8-10H2,1-2H3,(H,42,43)/t12?,14?,17?,19-,20-,22?,23-,24-,25+,26+,27-,28-,30?,31-,32+/m1/s1. The van der Waals surface area contributed by atoms with E-state index < -0.39 is 117 Å². The maximum atomic E-state index is 13.0. The molecule has 18 heteroatoms. The predicted octanol–water partition coefficient (Wildman–Crippen LogP) is -2.79. The van der Waals surface area contributed by atoms with Gasteiger partial charge >= 0.3 is 11.9 Å². The molecule has 5 unspecified atom stereocenters. The summed E-state index contributed by atoms with van der Waals surface area (Å²) >= 11 is 0. The molecule has 15 atom stereocenters. The van der Waals surface area contributed by atoms with Crippen LogP contribution in [-0.2, 0) is 33.3 Å². The Balaban J connectivity index is 1.24. The lowest BCUT2D eigenvalue weighted by Crippen LogP contribution is -2.60. The number of carbonyl (C=O) groups excluding carboxylic acids is 1. The highest BCUT2D eigenvalue weighted by atomic mass is 16.8. The Bertz CT molecular complexity index is 1410. The molecule has 5 rings (SSSR count). The largest absolute Gasteiger partial charge is 0.493 e. The summed E-state index contributed by atoms with van der Waals surface area (Å²) < 4.78 is 39.0. The number of carbonyl (C=O) groups is 2. The fraction of sp³-hybridized carbons (Fsp3) is 0.625. The molecule has 278 valence electrons. The van der Waals surface area contributed by atoms with Gasteiger partial charge in [0.15, 0.2) is 17.8 Å². The average Bonchev–Trinajstić information content (AvgIpc) is 3.43. The summed E-state index contributed by atoms with van der Waals surface area (Å²) in [5, 5.41) is 89.8. The van der Waals surface area contributed by atoms with Crippen LogP contribution in [0.15, 0.2) is 36.1 Å². The number of aliphatic hydroxyl groups excluding tert-OH is 8. The van der Waals surface area contributed by atoms with Gasteiger partial charge in [-0.25, -0.2) is 9.59 Å². The molecule has 1 saturated carbocycles. The summed E-state index contributed by atoms with van der Waals surface area (Å²) in [5.74, 6) is -3.70. The van der Waals surface area contributed by atoms with E-state index in [1.807, 2.05) is 0 Å². The minimum atomic E-state index is -1.72. The fourth-order valence-electron chi connectivity index (χ4n) is 6.65. The van der Waals surface area contributed by atoms with E-state index >= 15 is 0 Å². The number of hydrogen-bond acceptors (Lipinski definition) is 17. The SMILES string of the molecule is COc1cc(C=CC(=O)OC2CC3C(C(=O)O)=COC(O[C@@H]4O[C@H](CO)[C@@H](O)[C@H](O)[C@H]4O)C3C2C)ccc1O[C@@H]1O[C@H](CO)[C@@H](O)[C@H](O)[C@H]1O. The van der Waals surface area contributed by atoms with Gasteiger partial charge in [-0.05, 0) is 30.2 Å². The van der Waals surface area contributed by atoms with Gasteiger partial charge in [-0.1, -0.05) is 13.0 Å². The van der Waals surface area contributed by atoms with Gasteiger partial charge in [0.05, 0.1) is 32.2 Å². The molecule has 4 aliphatic rings. The molecule has 3 fully saturated rings. The molecule has 1 aliphatic carbocycles. The van der Waals surface area contributed by atoms with Crippen LogP contribution in [0.2, 0.25) is 0 Å². The molecule has 3 aliphatic heterocycles. The van der Waals surface area contributed by atoms with Crippen molar-refractivity contribution in [2.24, 2.45) is 17.8 Å². The Morgan fingerprint density at radius 2 is 1.48 bits per heavy atom. The van der Waals surface area contributed by atoms with Crippen LogP contribution in [0.1, 0.15) is 18.9 Å². The number of aliphatic carboxylic acids is 1. The summed E-state index contributed by atoms with van der Waals surface area (Å²) in [6.07, 6.45) is -13.6. The quantitative estimate of drug-likeness (QED) is 0.0827. The molecule has 0 aromatic heterocycles. The molecule has 0 radical (unpaired) electrons. The van der Waals surface area contributed by atoms with Crippen molar-refractivity contribution in [3.05, 3.63) is 41.7 Å². The first-order chi connectivity index (χ1) is 23.8. The van der Waals surface area contributed by atoms with E-state index in [-0.39, 0.29) is 23.5 Å². The molecule has 18 nitrogen and oxygen atoms in total. The number of esters is 1. The zero-order valence-electron chi connectivity index (χ0n) is 26.9. The van der Waals surface area contributed by atoms with E-state index in [9.17, 15) is 55.5 Å². The second-order valence-corrected chi connectivity index (χ2v) is 12.5. The lowest BCUT2D eigenvalue weighted by molar-refractivity contribution is -0.342. The predicted molar refractivity (Wildman–Crippen MR) is 163 cm³/mol. The summed E-state index contributed by atoms with van der Waals surface area (Å²) in [7, 11) is 1.34. The van der Waals surface area contributed by atoms with Crippen LogP contribution in [-0.4, -0.2) is 152 Å². The topological polar surface area (TPSA) is 281 Å². The second kappa shape index (κ2) is 15.9. The molecule has 2 saturated heterocycles. The maximum absolute atomic E-state index is 13.0. The summed E-state index contributed by atoms with van der Waals surface area (Å²) in [5.41, 5.74) is 0.383. The van der Waals surface area contributed by atoms with Crippen LogP contribution in [0.25, 0.3) is 6.08 Å². The number of carboxylic acid groups (broad SMARTS) is 1. The Hall–Kier alpha value is -3.40. The number of methoxy groups -OCH3 is 1. The van der Waals surface area contributed by atoms with Crippen LogP contribution in [0.3, 0.4) is 0 Å². The lowest BCUT2D eigenvalue weighted by Gasteiger charge is -2.43. The number of aliphatic hydroxyl groups is 8. The first-order valence-corrected chi connectivity index (χ1v) is 15.9. The van der Waals surface area contributed by atoms with Crippen molar-refractivity contribution in [1.82, 2.24) is 0 Å². The van der Waals surface area contributed by atoms with Gasteiger partial charge in [0, 0.05) is 23.8 Å². The zero-order chi connectivity index (χ0) is 36.4. The van der Waals surface area contributed by atoms with Crippen LogP contribution >= 0.6 is 0 Å². The van der Waals surface area contributed by atoms with Crippen molar-refractivity contribution in [3.63, 3.8) is 0 Å². The minimum absolute atomic E-state index is 0.0808. The first kappa shape index (κ1) is 37.8. The smallest absolute Gasteiger partial charge is 0.334 e. The van der Waals surface area contributed by atoms with E-state index in [4.69, 9.17) is 33.2 Å². The number of fused-ring (bicyclic) bond motifs is 1. The van der Waals surface area contributed by atoms with Crippen molar-refractivity contribution < 1.29 is 88.7 Å². The first-order valence-electron chi connectivity index (χ1n) is 15.9. The van der Waals surface area contributed by atoms with E-state index in [0.717, 1.165) is 12.3 Å². The van der Waals surface area contributed by atoms with Crippen LogP contribution in [0.4, 0.5) is 0 Å². The van der Waals surface area contributed by atoms with Gasteiger partial charge < -0.3 is 79.1 Å². The summed E-state index contributed by atoms with van der Waals surface area (Å²) in [6, 6.07) is 4.49. The van der Waals surface area contributed by atoms with E-state index in [1.54, 1.807) is 13.0 Å². The molecule has 1 aromatic rings. The van der Waals surface area contributed by atoms with E-state index in [1.165, 1.54) is 25.3 Å². The van der Waals surface area contributed by atoms with E-state index in [0.29, 0.717) is 5.56 Å². The van der Waals surface area contributed by atoms with Gasteiger partial charge in [-0.3, -0.25) is 0 Å². The minimum Gasteiger partial charge on any atom is -0.493 e. The highest BCUT2D eigenvalue weighted by Crippen LogP contribution is 2.48. The third kappa shape index (κ3) is 7.60. The number of ether oxygens (including phenoxy) is 7. The molecule has 0 spiro atoms. The average molecular weight is 715 g/mol. The van der Waals surface area contributed by atoms with Crippen molar-refractivity contribution in [2.45, 2.75) is 87.2 Å². The zero-order valence-corrected chi connectivity index (χ0v) is 26.9. The maximum Gasteiger partial charge on any atom is 0.334 e. The molecular formula is C32H42O18. The Morgan fingerprint density at radius 1 is 0.860 bits per heavy atom. The summed E-state index contributed by atoms with van der Waals surface area (Å²) in [6.45, 7) is 0.397. The number of hydrogen-bond donors (Lipinski definition) is 9. The monoisotopic (exact) mass is 714 g/mol.